The Morgan fingerprint density at radius 3 is 2.95 bits per heavy atom. The zero-order chi connectivity index (χ0) is 14.5. The third-order valence-electron chi connectivity index (χ3n) is 3.78. The van der Waals surface area contributed by atoms with Crippen LogP contribution >= 0.6 is 28.3 Å². The molecule has 1 heterocycles. The third kappa shape index (κ3) is 4.59. The van der Waals surface area contributed by atoms with Crippen molar-refractivity contribution in [1.29, 1.82) is 0 Å². The molecule has 21 heavy (non-hydrogen) atoms. The minimum Gasteiger partial charge on any atom is -0.496 e. The molecule has 1 aliphatic rings. The normalized spacial score (nSPS) is 18.0. The lowest BCUT2D eigenvalue weighted by atomic mass is 9.94. The van der Waals surface area contributed by atoms with E-state index >= 15 is 0 Å². The van der Waals surface area contributed by atoms with Gasteiger partial charge in [0.15, 0.2) is 0 Å². The van der Waals surface area contributed by atoms with Gasteiger partial charge in [0.25, 0.3) is 5.91 Å². The Labute approximate surface area is 140 Å². The molecule has 1 atom stereocenters. The number of amides is 1. The quantitative estimate of drug-likeness (QED) is 0.877. The standard InChI is InChI=1S/C15H21BrN2O2.ClH/c1-20-14-9-12(16)4-5-13(14)15(19)18-8-2-3-11(10-18)6-7-17;/h4-5,9,11H,2-3,6-8,10,17H2,1H3;1H. The van der Waals surface area contributed by atoms with Crippen LogP contribution in [-0.2, 0) is 0 Å². The first-order chi connectivity index (χ1) is 9.65. The van der Waals surface area contributed by atoms with E-state index in [1.54, 1.807) is 7.11 Å². The van der Waals surface area contributed by atoms with Crippen LogP contribution in [0, 0.1) is 5.92 Å². The molecule has 2 rings (SSSR count). The topological polar surface area (TPSA) is 55.6 Å². The summed E-state index contributed by atoms with van der Waals surface area (Å²) >= 11 is 3.39. The molecule has 1 saturated heterocycles. The van der Waals surface area contributed by atoms with Crippen LogP contribution < -0.4 is 10.5 Å². The van der Waals surface area contributed by atoms with Crippen LogP contribution in [0.1, 0.15) is 29.6 Å². The highest BCUT2D eigenvalue weighted by Crippen LogP contribution is 2.27. The summed E-state index contributed by atoms with van der Waals surface area (Å²) in [6.07, 6.45) is 3.20. The Morgan fingerprint density at radius 2 is 2.29 bits per heavy atom. The van der Waals surface area contributed by atoms with Gasteiger partial charge in [-0.25, -0.2) is 0 Å². The molecule has 1 aromatic rings. The maximum Gasteiger partial charge on any atom is 0.257 e. The zero-order valence-corrected chi connectivity index (χ0v) is 14.6. The van der Waals surface area contributed by atoms with Crippen molar-refractivity contribution >= 4 is 34.2 Å². The van der Waals surface area contributed by atoms with E-state index in [0.29, 0.717) is 23.8 Å². The highest BCUT2D eigenvalue weighted by atomic mass is 79.9. The van der Waals surface area contributed by atoms with E-state index in [1.807, 2.05) is 23.1 Å². The van der Waals surface area contributed by atoms with Crippen molar-refractivity contribution in [3.63, 3.8) is 0 Å². The van der Waals surface area contributed by atoms with Gasteiger partial charge in [-0.1, -0.05) is 15.9 Å². The summed E-state index contributed by atoms with van der Waals surface area (Å²) in [4.78, 5) is 14.6. The summed E-state index contributed by atoms with van der Waals surface area (Å²) in [5, 5.41) is 0. The Bertz CT molecular complexity index is 483. The SMILES string of the molecule is COc1cc(Br)ccc1C(=O)N1CCCC(CCN)C1.Cl. The first-order valence-electron chi connectivity index (χ1n) is 6.98. The molecule has 2 N–H and O–H groups in total. The van der Waals surface area contributed by atoms with E-state index in [-0.39, 0.29) is 18.3 Å². The van der Waals surface area contributed by atoms with E-state index in [0.717, 1.165) is 30.4 Å². The largest absolute Gasteiger partial charge is 0.496 e. The van der Waals surface area contributed by atoms with Gasteiger partial charge in [-0.15, -0.1) is 12.4 Å². The lowest BCUT2D eigenvalue weighted by Gasteiger charge is -2.33. The van der Waals surface area contributed by atoms with Crippen molar-refractivity contribution in [2.45, 2.75) is 19.3 Å². The van der Waals surface area contributed by atoms with Crippen molar-refractivity contribution in [1.82, 2.24) is 4.90 Å². The Balaban J connectivity index is 0.00000220. The van der Waals surface area contributed by atoms with Crippen LogP contribution in [0.3, 0.4) is 0 Å². The maximum absolute atomic E-state index is 12.6. The third-order valence-corrected chi connectivity index (χ3v) is 4.27. The summed E-state index contributed by atoms with van der Waals surface area (Å²) < 4.78 is 6.22. The van der Waals surface area contributed by atoms with E-state index in [1.165, 1.54) is 6.42 Å². The number of carbonyl (C=O) groups is 1. The predicted molar refractivity (Wildman–Crippen MR) is 90.2 cm³/mol. The number of rotatable bonds is 4. The lowest BCUT2D eigenvalue weighted by Crippen LogP contribution is -2.40. The van der Waals surface area contributed by atoms with Gasteiger partial charge < -0.3 is 15.4 Å². The van der Waals surface area contributed by atoms with Crippen molar-refractivity contribution in [2.24, 2.45) is 11.7 Å². The number of likely N-dealkylation sites (tertiary alicyclic amines) is 1. The number of carbonyl (C=O) groups excluding carboxylic acids is 1. The molecule has 1 amide bonds. The predicted octanol–water partition coefficient (Wildman–Crippen LogP) is 3.08. The molecule has 1 aliphatic heterocycles. The molecule has 6 heteroatoms. The lowest BCUT2D eigenvalue weighted by molar-refractivity contribution is 0.0666. The van der Waals surface area contributed by atoms with Gasteiger partial charge in [0.05, 0.1) is 12.7 Å². The molecule has 0 aromatic heterocycles. The van der Waals surface area contributed by atoms with E-state index in [2.05, 4.69) is 15.9 Å². The average molecular weight is 378 g/mol. The fraction of sp³-hybridized carbons (Fsp3) is 0.533. The van der Waals surface area contributed by atoms with Crippen LogP contribution in [0.2, 0.25) is 0 Å². The number of nitrogens with two attached hydrogens (primary N) is 1. The molecular weight excluding hydrogens is 356 g/mol. The van der Waals surface area contributed by atoms with Crippen LogP contribution in [-0.4, -0.2) is 37.6 Å². The Kier molecular flexibility index (Phi) is 7.49. The molecule has 1 aromatic carbocycles. The molecule has 0 aliphatic carbocycles. The van der Waals surface area contributed by atoms with Crippen molar-refractivity contribution in [3.05, 3.63) is 28.2 Å². The Hall–Kier alpha value is -0.780. The maximum atomic E-state index is 12.6. The summed E-state index contributed by atoms with van der Waals surface area (Å²) in [5.41, 5.74) is 6.25. The minimum absolute atomic E-state index is 0. The first-order valence-corrected chi connectivity index (χ1v) is 7.78. The molecule has 0 bridgehead atoms. The second-order valence-electron chi connectivity index (χ2n) is 5.18. The highest BCUT2D eigenvalue weighted by Gasteiger charge is 2.25. The molecule has 1 fully saturated rings. The number of nitrogens with zero attached hydrogens (tertiary/aromatic N) is 1. The number of methoxy groups -OCH3 is 1. The fourth-order valence-electron chi connectivity index (χ4n) is 2.73. The molecular formula is C15H22BrClN2O2. The molecule has 4 nitrogen and oxygen atoms in total. The van der Waals surface area contributed by atoms with Crippen molar-refractivity contribution in [2.75, 3.05) is 26.7 Å². The van der Waals surface area contributed by atoms with Gasteiger partial charge in [-0.3, -0.25) is 4.79 Å². The molecule has 1 unspecified atom stereocenters. The molecule has 0 saturated carbocycles. The van der Waals surface area contributed by atoms with Gasteiger partial charge in [-0.05, 0) is 49.9 Å². The van der Waals surface area contributed by atoms with Crippen LogP contribution in [0.4, 0.5) is 0 Å². The number of hydrogen-bond donors (Lipinski definition) is 1. The van der Waals surface area contributed by atoms with Crippen molar-refractivity contribution in [3.8, 4) is 5.75 Å². The van der Waals surface area contributed by atoms with Crippen LogP contribution in [0.15, 0.2) is 22.7 Å². The van der Waals surface area contributed by atoms with Gasteiger partial charge in [0.2, 0.25) is 0 Å². The molecule has 118 valence electrons. The fourth-order valence-corrected chi connectivity index (χ4v) is 3.07. The summed E-state index contributed by atoms with van der Waals surface area (Å²) in [6.45, 7) is 2.31. The summed E-state index contributed by atoms with van der Waals surface area (Å²) in [7, 11) is 1.59. The molecule has 0 spiro atoms. The van der Waals surface area contributed by atoms with Crippen LogP contribution in [0.25, 0.3) is 0 Å². The van der Waals surface area contributed by atoms with E-state index < -0.39 is 0 Å². The van der Waals surface area contributed by atoms with Gasteiger partial charge in [0, 0.05) is 17.6 Å². The first kappa shape index (κ1) is 18.3. The molecule has 0 radical (unpaired) electrons. The van der Waals surface area contributed by atoms with Crippen molar-refractivity contribution < 1.29 is 9.53 Å². The van der Waals surface area contributed by atoms with Gasteiger partial charge >= 0.3 is 0 Å². The van der Waals surface area contributed by atoms with Crippen LogP contribution in [0.5, 0.6) is 5.75 Å². The number of piperidine rings is 1. The minimum atomic E-state index is 0. The number of benzene rings is 1. The average Bonchev–Trinajstić information content (AvgIpc) is 2.47. The highest BCUT2D eigenvalue weighted by molar-refractivity contribution is 9.10. The monoisotopic (exact) mass is 376 g/mol. The van der Waals surface area contributed by atoms with Gasteiger partial charge in [0.1, 0.15) is 5.75 Å². The Morgan fingerprint density at radius 1 is 1.52 bits per heavy atom. The number of ether oxygens (including phenoxy) is 1. The van der Waals surface area contributed by atoms with E-state index in [9.17, 15) is 4.79 Å². The second kappa shape index (κ2) is 8.61. The van der Waals surface area contributed by atoms with Gasteiger partial charge in [-0.2, -0.15) is 0 Å². The number of hydrogen-bond acceptors (Lipinski definition) is 3. The number of halogens is 2. The second-order valence-corrected chi connectivity index (χ2v) is 6.10. The van der Waals surface area contributed by atoms with E-state index in [4.69, 9.17) is 10.5 Å². The zero-order valence-electron chi connectivity index (χ0n) is 12.2. The smallest absolute Gasteiger partial charge is 0.257 e. The summed E-state index contributed by atoms with van der Waals surface area (Å²) in [5.74, 6) is 1.19. The summed E-state index contributed by atoms with van der Waals surface area (Å²) in [6, 6.07) is 5.52.